The minimum atomic E-state index is -0.276. The van der Waals surface area contributed by atoms with Crippen LogP contribution in [0.1, 0.15) is 4.88 Å². The zero-order valence-corrected chi connectivity index (χ0v) is 12.6. The van der Waals surface area contributed by atoms with Gasteiger partial charge in [-0.15, -0.1) is 11.3 Å². The number of anilines is 1. The van der Waals surface area contributed by atoms with Crippen LogP contribution >= 0.6 is 22.9 Å². The molecular formula is C14H15ClN2O2S. The van der Waals surface area contributed by atoms with Gasteiger partial charge in [-0.1, -0.05) is 17.7 Å². The van der Waals surface area contributed by atoms with E-state index in [-0.39, 0.29) is 6.03 Å². The molecule has 0 bridgehead atoms. The summed E-state index contributed by atoms with van der Waals surface area (Å²) < 4.78 is 5.17. The van der Waals surface area contributed by atoms with Crippen LogP contribution in [0.25, 0.3) is 0 Å². The molecule has 6 heteroatoms. The highest BCUT2D eigenvalue weighted by atomic mass is 35.5. The molecule has 2 amide bonds. The number of amides is 2. The molecule has 20 heavy (non-hydrogen) atoms. The van der Waals surface area contributed by atoms with Crippen molar-refractivity contribution < 1.29 is 9.53 Å². The summed E-state index contributed by atoms with van der Waals surface area (Å²) in [6.07, 6.45) is 0.817. The van der Waals surface area contributed by atoms with Gasteiger partial charge in [0.05, 0.1) is 12.8 Å². The lowest BCUT2D eigenvalue weighted by Gasteiger charge is -2.11. The first-order chi connectivity index (χ1) is 9.69. The summed E-state index contributed by atoms with van der Waals surface area (Å²) in [6.45, 7) is 0.579. The summed E-state index contributed by atoms with van der Waals surface area (Å²) in [6, 6.07) is 8.84. The van der Waals surface area contributed by atoms with Crippen molar-refractivity contribution >= 4 is 34.7 Å². The van der Waals surface area contributed by atoms with E-state index in [0.29, 0.717) is 23.0 Å². The first-order valence-corrected chi connectivity index (χ1v) is 7.35. The van der Waals surface area contributed by atoms with Crippen molar-refractivity contribution in [2.75, 3.05) is 19.0 Å². The number of hydrogen-bond donors (Lipinski definition) is 2. The van der Waals surface area contributed by atoms with Gasteiger partial charge in [0.1, 0.15) is 5.75 Å². The summed E-state index contributed by atoms with van der Waals surface area (Å²) >= 11 is 7.58. The monoisotopic (exact) mass is 310 g/mol. The number of hydrogen-bond acceptors (Lipinski definition) is 3. The van der Waals surface area contributed by atoms with Crippen molar-refractivity contribution in [2.45, 2.75) is 6.42 Å². The van der Waals surface area contributed by atoms with Crippen molar-refractivity contribution in [2.24, 2.45) is 0 Å². The van der Waals surface area contributed by atoms with Crippen molar-refractivity contribution in [3.63, 3.8) is 0 Å². The van der Waals surface area contributed by atoms with Gasteiger partial charge >= 0.3 is 6.03 Å². The van der Waals surface area contributed by atoms with E-state index in [9.17, 15) is 4.79 Å². The molecule has 1 heterocycles. The molecule has 0 saturated carbocycles. The molecule has 1 aromatic heterocycles. The number of rotatable bonds is 5. The Morgan fingerprint density at radius 3 is 2.95 bits per heavy atom. The highest BCUT2D eigenvalue weighted by Gasteiger charge is 2.07. The lowest BCUT2D eigenvalue weighted by molar-refractivity contribution is 0.252. The van der Waals surface area contributed by atoms with Crippen LogP contribution in [0.5, 0.6) is 5.75 Å². The average molecular weight is 311 g/mol. The maximum atomic E-state index is 11.8. The zero-order valence-electron chi connectivity index (χ0n) is 11.0. The topological polar surface area (TPSA) is 50.4 Å². The molecule has 0 saturated heterocycles. The fraction of sp³-hybridized carbons (Fsp3) is 0.214. The second kappa shape index (κ2) is 7.17. The Balaban J connectivity index is 1.86. The lowest BCUT2D eigenvalue weighted by Crippen LogP contribution is -2.30. The molecule has 0 aliphatic carbocycles. The smallest absolute Gasteiger partial charge is 0.319 e. The lowest BCUT2D eigenvalue weighted by atomic mass is 10.3. The van der Waals surface area contributed by atoms with Gasteiger partial charge in [0.25, 0.3) is 0 Å². The van der Waals surface area contributed by atoms with Crippen LogP contribution in [0.3, 0.4) is 0 Å². The van der Waals surface area contributed by atoms with Gasteiger partial charge in [0.15, 0.2) is 0 Å². The summed E-state index contributed by atoms with van der Waals surface area (Å²) in [5, 5.41) is 8.09. The third-order valence-corrected chi connectivity index (χ3v) is 3.82. The molecule has 0 aliphatic rings. The number of nitrogens with one attached hydrogen (secondary N) is 2. The minimum Gasteiger partial charge on any atom is -0.495 e. The Labute approximate surface area is 126 Å². The van der Waals surface area contributed by atoms with Crippen molar-refractivity contribution in [1.29, 1.82) is 0 Å². The highest BCUT2D eigenvalue weighted by molar-refractivity contribution is 7.09. The molecule has 0 atom stereocenters. The zero-order chi connectivity index (χ0) is 14.4. The van der Waals surface area contributed by atoms with E-state index in [2.05, 4.69) is 10.6 Å². The Hall–Kier alpha value is -1.72. The number of methoxy groups -OCH3 is 1. The van der Waals surface area contributed by atoms with Gasteiger partial charge in [0, 0.05) is 16.4 Å². The Morgan fingerprint density at radius 1 is 1.40 bits per heavy atom. The number of thiophene rings is 1. The number of carbonyl (C=O) groups excluding carboxylic acids is 1. The first-order valence-electron chi connectivity index (χ1n) is 6.10. The van der Waals surface area contributed by atoms with Crippen LogP contribution in [0, 0.1) is 0 Å². The maximum absolute atomic E-state index is 11.8. The Kier molecular flexibility index (Phi) is 5.26. The molecule has 0 fully saturated rings. The summed E-state index contributed by atoms with van der Waals surface area (Å²) in [7, 11) is 1.54. The van der Waals surface area contributed by atoms with Crippen LogP contribution in [0.2, 0.25) is 5.02 Å². The van der Waals surface area contributed by atoms with E-state index in [1.54, 1.807) is 36.6 Å². The number of halogens is 1. The predicted octanol–water partition coefficient (Wildman–Crippen LogP) is 3.77. The van der Waals surface area contributed by atoms with Gasteiger partial charge in [-0.3, -0.25) is 0 Å². The van der Waals surface area contributed by atoms with E-state index in [0.717, 1.165) is 6.42 Å². The Morgan fingerprint density at radius 2 is 2.25 bits per heavy atom. The van der Waals surface area contributed by atoms with Crippen LogP contribution in [-0.2, 0) is 6.42 Å². The summed E-state index contributed by atoms with van der Waals surface area (Å²) in [4.78, 5) is 13.0. The minimum absolute atomic E-state index is 0.276. The van der Waals surface area contributed by atoms with Gasteiger partial charge in [-0.05, 0) is 36.1 Å². The summed E-state index contributed by atoms with van der Waals surface area (Å²) in [5.74, 6) is 0.572. The first kappa shape index (κ1) is 14.7. The molecule has 2 N–H and O–H groups in total. The molecule has 2 rings (SSSR count). The normalized spacial score (nSPS) is 10.1. The number of benzene rings is 1. The van der Waals surface area contributed by atoms with Crippen molar-refractivity contribution in [3.8, 4) is 5.75 Å². The van der Waals surface area contributed by atoms with Crippen LogP contribution in [-0.4, -0.2) is 19.7 Å². The van der Waals surface area contributed by atoms with Crippen LogP contribution in [0.15, 0.2) is 35.7 Å². The molecular weight excluding hydrogens is 296 g/mol. The van der Waals surface area contributed by atoms with E-state index in [1.165, 1.54) is 4.88 Å². The van der Waals surface area contributed by atoms with E-state index in [1.807, 2.05) is 17.5 Å². The standard InChI is InChI=1S/C14H15ClN2O2S/c1-19-13-5-4-10(15)9-12(13)17-14(18)16-7-6-11-3-2-8-20-11/h2-5,8-9H,6-7H2,1H3,(H2,16,17,18). The average Bonchev–Trinajstić information content (AvgIpc) is 2.92. The summed E-state index contributed by atoms with van der Waals surface area (Å²) in [5.41, 5.74) is 0.550. The molecule has 2 aromatic rings. The van der Waals surface area contributed by atoms with Gasteiger partial charge in [0.2, 0.25) is 0 Å². The fourth-order valence-electron chi connectivity index (χ4n) is 1.70. The molecule has 0 aliphatic heterocycles. The molecule has 0 unspecified atom stereocenters. The van der Waals surface area contributed by atoms with E-state index in [4.69, 9.17) is 16.3 Å². The second-order valence-electron chi connectivity index (χ2n) is 4.05. The van der Waals surface area contributed by atoms with Crippen LogP contribution < -0.4 is 15.4 Å². The van der Waals surface area contributed by atoms with Gasteiger partial charge < -0.3 is 15.4 Å². The highest BCUT2D eigenvalue weighted by Crippen LogP contribution is 2.27. The largest absolute Gasteiger partial charge is 0.495 e. The fourth-order valence-corrected chi connectivity index (χ4v) is 2.58. The predicted molar refractivity (Wildman–Crippen MR) is 83.0 cm³/mol. The van der Waals surface area contributed by atoms with E-state index < -0.39 is 0 Å². The number of urea groups is 1. The molecule has 1 aromatic carbocycles. The molecule has 0 spiro atoms. The van der Waals surface area contributed by atoms with E-state index >= 15 is 0 Å². The Bertz CT molecular complexity index is 573. The molecule has 0 radical (unpaired) electrons. The van der Waals surface area contributed by atoms with Gasteiger partial charge in [-0.25, -0.2) is 4.79 Å². The van der Waals surface area contributed by atoms with Gasteiger partial charge in [-0.2, -0.15) is 0 Å². The maximum Gasteiger partial charge on any atom is 0.319 e. The third kappa shape index (κ3) is 4.15. The van der Waals surface area contributed by atoms with Crippen LogP contribution in [0.4, 0.5) is 10.5 Å². The second-order valence-corrected chi connectivity index (χ2v) is 5.52. The third-order valence-electron chi connectivity index (χ3n) is 2.65. The number of ether oxygens (including phenoxy) is 1. The molecule has 4 nitrogen and oxygen atoms in total. The van der Waals surface area contributed by atoms with Crippen molar-refractivity contribution in [3.05, 3.63) is 45.6 Å². The number of carbonyl (C=O) groups is 1. The van der Waals surface area contributed by atoms with Crippen molar-refractivity contribution in [1.82, 2.24) is 5.32 Å². The molecule has 106 valence electrons. The SMILES string of the molecule is COc1ccc(Cl)cc1NC(=O)NCCc1cccs1. The quantitative estimate of drug-likeness (QED) is 0.883.